The van der Waals surface area contributed by atoms with Gasteiger partial charge in [0, 0.05) is 5.10 Å². The molecule has 70 valence electrons. The fourth-order valence-corrected chi connectivity index (χ4v) is 0.975. The van der Waals surface area contributed by atoms with E-state index in [9.17, 15) is 0 Å². The van der Waals surface area contributed by atoms with Crippen molar-refractivity contribution in [2.24, 2.45) is 5.10 Å². The Morgan fingerprint density at radius 2 is 2.14 bits per heavy atom. The fraction of sp³-hybridized carbons (Fsp3) is 0. The second-order valence-corrected chi connectivity index (χ2v) is 2.72. The molecule has 2 aromatic rings. The molecule has 1 aromatic heterocycles. The first-order valence-electron chi connectivity index (χ1n) is 4.08. The van der Waals surface area contributed by atoms with E-state index in [1.165, 1.54) is 0 Å². The van der Waals surface area contributed by atoms with Crippen LogP contribution in [0.2, 0.25) is 0 Å². The van der Waals surface area contributed by atoms with Crippen LogP contribution in [0.25, 0.3) is 0 Å². The molecule has 0 saturated heterocycles. The lowest BCUT2D eigenvalue weighted by molar-refractivity contribution is -0.678. The van der Waals surface area contributed by atoms with Gasteiger partial charge in [0.1, 0.15) is 5.75 Å². The number of aromatic amines is 1. The molecule has 0 aliphatic heterocycles. The smallest absolute Gasteiger partial charge is 0.288 e. The van der Waals surface area contributed by atoms with Crippen LogP contribution in [0.3, 0.4) is 0 Å². The van der Waals surface area contributed by atoms with Crippen LogP contribution in [-0.4, -0.2) is 21.5 Å². The number of nitrogens with one attached hydrogen (secondary N) is 1. The predicted octanol–water partition coefficient (Wildman–Crippen LogP) is 0.285. The summed E-state index contributed by atoms with van der Waals surface area (Å²) in [6, 6.07) is 6.78. The highest BCUT2D eigenvalue weighted by molar-refractivity contribution is 5.79. The summed E-state index contributed by atoms with van der Waals surface area (Å²) in [7, 11) is 0. The van der Waals surface area contributed by atoms with Gasteiger partial charge in [-0.05, 0) is 29.8 Å². The monoisotopic (exact) mass is 189 g/mol. The van der Waals surface area contributed by atoms with Gasteiger partial charge in [-0.25, -0.2) is 0 Å². The summed E-state index contributed by atoms with van der Waals surface area (Å²) in [6.45, 7) is 0. The second-order valence-electron chi connectivity index (χ2n) is 2.72. The van der Waals surface area contributed by atoms with Crippen molar-refractivity contribution >= 4 is 6.21 Å². The molecule has 5 heteroatoms. The van der Waals surface area contributed by atoms with Crippen LogP contribution in [0, 0.1) is 0 Å². The van der Waals surface area contributed by atoms with Gasteiger partial charge < -0.3 is 5.11 Å². The Balaban J connectivity index is 2.15. The zero-order chi connectivity index (χ0) is 9.80. The molecule has 1 heterocycles. The quantitative estimate of drug-likeness (QED) is 0.526. The second kappa shape index (κ2) is 3.69. The van der Waals surface area contributed by atoms with E-state index in [1.54, 1.807) is 47.8 Å². The van der Waals surface area contributed by atoms with Crippen LogP contribution >= 0.6 is 0 Å². The largest absolute Gasteiger partial charge is 0.508 e. The number of nitrogens with zero attached hydrogens (tertiary/aromatic N) is 3. The molecule has 2 N–H and O–H groups in total. The number of phenols is 1. The van der Waals surface area contributed by atoms with Crippen molar-refractivity contribution < 1.29 is 9.78 Å². The van der Waals surface area contributed by atoms with Gasteiger partial charge in [0.15, 0.2) is 0 Å². The first kappa shape index (κ1) is 8.43. The zero-order valence-electron chi connectivity index (χ0n) is 7.33. The van der Waals surface area contributed by atoms with E-state index < -0.39 is 0 Å². The van der Waals surface area contributed by atoms with Gasteiger partial charge in [-0.15, -0.1) is 14.9 Å². The third-order valence-corrected chi connectivity index (χ3v) is 1.67. The predicted molar refractivity (Wildman–Crippen MR) is 49.9 cm³/mol. The van der Waals surface area contributed by atoms with Crippen LogP contribution in [0.4, 0.5) is 0 Å². The highest BCUT2D eigenvalue weighted by Gasteiger charge is 1.92. The zero-order valence-corrected chi connectivity index (χ0v) is 7.33. The first-order valence-corrected chi connectivity index (χ1v) is 4.08. The molecule has 14 heavy (non-hydrogen) atoms. The van der Waals surface area contributed by atoms with Crippen LogP contribution < -0.4 is 4.68 Å². The SMILES string of the molecule is Oc1ccc(/C=N/[n+]2cn[nH]c2)cc1. The number of aromatic hydroxyl groups is 1. The van der Waals surface area contributed by atoms with Crippen molar-refractivity contribution in [3.05, 3.63) is 42.5 Å². The minimum atomic E-state index is 0.248. The topological polar surface area (TPSA) is 65.2 Å². The van der Waals surface area contributed by atoms with Gasteiger partial charge in [-0.1, -0.05) is 0 Å². The van der Waals surface area contributed by atoms with Crippen molar-refractivity contribution in [1.29, 1.82) is 0 Å². The number of hydrogen-bond donors (Lipinski definition) is 2. The highest BCUT2D eigenvalue weighted by atomic mass is 16.3. The average molecular weight is 189 g/mol. The van der Waals surface area contributed by atoms with Gasteiger partial charge in [0.2, 0.25) is 6.33 Å². The van der Waals surface area contributed by atoms with Crippen LogP contribution in [0.15, 0.2) is 42.0 Å². The minimum Gasteiger partial charge on any atom is -0.508 e. The third-order valence-electron chi connectivity index (χ3n) is 1.67. The molecule has 0 bridgehead atoms. The molecule has 0 aliphatic rings. The normalized spacial score (nSPS) is 10.9. The summed E-state index contributed by atoms with van der Waals surface area (Å²) in [6.07, 6.45) is 4.85. The number of aromatic nitrogens is 3. The number of benzene rings is 1. The number of rotatable bonds is 2. The van der Waals surface area contributed by atoms with Crippen molar-refractivity contribution in [3.63, 3.8) is 0 Å². The van der Waals surface area contributed by atoms with E-state index in [-0.39, 0.29) is 5.75 Å². The molecule has 0 unspecified atom stereocenters. The van der Waals surface area contributed by atoms with Gasteiger partial charge in [0.25, 0.3) is 6.33 Å². The summed E-state index contributed by atoms with van der Waals surface area (Å²) in [5.41, 5.74) is 0.913. The van der Waals surface area contributed by atoms with Gasteiger partial charge in [0.05, 0.1) is 6.21 Å². The summed E-state index contributed by atoms with van der Waals surface area (Å²) in [5, 5.41) is 19.5. The van der Waals surface area contributed by atoms with Crippen molar-refractivity contribution in [3.8, 4) is 5.75 Å². The van der Waals surface area contributed by atoms with Gasteiger partial charge in [-0.3, -0.25) is 0 Å². The summed E-state index contributed by atoms with van der Waals surface area (Å²) in [5.74, 6) is 0.248. The van der Waals surface area contributed by atoms with Crippen LogP contribution in [0.1, 0.15) is 5.56 Å². The molecule has 0 atom stereocenters. The van der Waals surface area contributed by atoms with Crippen LogP contribution in [0.5, 0.6) is 5.75 Å². The Morgan fingerprint density at radius 1 is 1.36 bits per heavy atom. The third kappa shape index (κ3) is 1.95. The Kier molecular flexibility index (Phi) is 2.22. The first-order chi connectivity index (χ1) is 6.84. The molecule has 2 rings (SSSR count). The Hall–Kier alpha value is -2.17. The molecule has 0 fully saturated rings. The van der Waals surface area contributed by atoms with E-state index in [1.807, 2.05) is 0 Å². The number of H-pyrrole nitrogens is 1. The lowest BCUT2D eigenvalue weighted by Crippen LogP contribution is -2.23. The van der Waals surface area contributed by atoms with Crippen LogP contribution in [-0.2, 0) is 0 Å². The maximum atomic E-state index is 9.04. The number of hydrogen-bond acceptors (Lipinski definition) is 3. The van der Waals surface area contributed by atoms with E-state index in [0.29, 0.717) is 0 Å². The van der Waals surface area contributed by atoms with E-state index in [0.717, 1.165) is 5.56 Å². The fourth-order valence-electron chi connectivity index (χ4n) is 0.975. The molecule has 1 aromatic carbocycles. The minimum absolute atomic E-state index is 0.248. The maximum absolute atomic E-state index is 9.04. The molecular weight excluding hydrogens is 180 g/mol. The highest BCUT2D eigenvalue weighted by Crippen LogP contribution is 2.07. The number of phenolic OH excluding ortho intramolecular Hbond substituents is 1. The van der Waals surface area contributed by atoms with E-state index in [4.69, 9.17) is 5.11 Å². The maximum Gasteiger partial charge on any atom is 0.288 e. The summed E-state index contributed by atoms with van der Waals surface area (Å²) >= 11 is 0. The van der Waals surface area contributed by atoms with Crippen molar-refractivity contribution in [1.82, 2.24) is 10.2 Å². The van der Waals surface area contributed by atoms with E-state index >= 15 is 0 Å². The van der Waals surface area contributed by atoms with Gasteiger partial charge in [-0.2, -0.15) is 0 Å². The lowest BCUT2D eigenvalue weighted by Gasteiger charge is -1.91. The summed E-state index contributed by atoms with van der Waals surface area (Å²) in [4.78, 5) is 0. The standard InChI is InChI=1S/C9H8N4O/c14-9-3-1-8(2-4-9)5-12-13-6-10-11-7-13/h1-7H,(H,12,14)/p+1. The molecule has 0 spiro atoms. The van der Waals surface area contributed by atoms with Crippen molar-refractivity contribution in [2.45, 2.75) is 0 Å². The Morgan fingerprint density at radius 3 is 2.79 bits per heavy atom. The molecule has 5 nitrogen and oxygen atoms in total. The summed E-state index contributed by atoms with van der Waals surface area (Å²) < 4.78 is 1.55. The lowest BCUT2D eigenvalue weighted by atomic mass is 10.2. The molecule has 0 radical (unpaired) electrons. The molecule has 0 amide bonds. The van der Waals surface area contributed by atoms with Gasteiger partial charge >= 0.3 is 0 Å². The van der Waals surface area contributed by atoms with E-state index in [2.05, 4.69) is 15.3 Å². The Labute approximate surface area is 80.3 Å². The van der Waals surface area contributed by atoms with Crippen molar-refractivity contribution in [2.75, 3.05) is 0 Å². The molecular formula is C9H9N4O+. The molecule has 0 aliphatic carbocycles. The molecule has 0 saturated carbocycles. The Bertz CT molecular complexity index is 419. The average Bonchev–Trinajstić information content (AvgIpc) is 2.70.